The molecule has 0 atom stereocenters. The fourth-order valence-electron chi connectivity index (χ4n) is 2.20. The van der Waals surface area contributed by atoms with E-state index in [0.29, 0.717) is 16.7 Å². The van der Waals surface area contributed by atoms with E-state index in [1.54, 1.807) is 6.21 Å². The highest BCUT2D eigenvalue weighted by Crippen LogP contribution is 2.19. The average molecular weight is 371 g/mol. The summed E-state index contributed by atoms with van der Waals surface area (Å²) < 4.78 is 5.81. The van der Waals surface area contributed by atoms with Gasteiger partial charge in [0.05, 0.1) is 11.9 Å². The van der Waals surface area contributed by atoms with Gasteiger partial charge < -0.3 is 4.74 Å². The van der Waals surface area contributed by atoms with Crippen molar-refractivity contribution in [2.24, 2.45) is 5.10 Å². The minimum Gasteiger partial charge on any atom is -0.489 e. The van der Waals surface area contributed by atoms with Gasteiger partial charge in [-0.3, -0.25) is 5.43 Å². The molecule has 3 aromatic carbocycles. The van der Waals surface area contributed by atoms with Crippen molar-refractivity contribution in [3.8, 4) is 5.75 Å². The number of halogens is 2. The lowest BCUT2D eigenvalue weighted by atomic mass is 10.2. The molecule has 126 valence electrons. The molecule has 0 amide bonds. The molecule has 0 heterocycles. The first kappa shape index (κ1) is 17.3. The summed E-state index contributed by atoms with van der Waals surface area (Å²) in [7, 11) is 0. The van der Waals surface area contributed by atoms with Gasteiger partial charge in [-0.05, 0) is 42.0 Å². The summed E-state index contributed by atoms with van der Waals surface area (Å²) >= 11 is 12.1. The van der Waals surface area contributed by atoms with E-state index in [1.165, 1.54) is 0 Å². The smallest absolute Gasteiger partial charge is 0.120 e. The lowest BCUT2D eigenvalue weighted by molar-refractivity contribution is 0.306. The van der Waals surface area contributed by atoms with Crippen molar-refractivity contribution in [3.05, 3.63) is 94.0 Å². The Morgan fingerprint density at radius 2 is 1.76 bits per heavy atom. The van der Waals surface area contributed by atoms with Crippen LogP contribution in [-0.2, 0) is 6.61 Å². The normalized spacial score (nSPS) is 10.8. The summed E-state index contributed by atoms with van der Waals surface area (Å²) in [5.41, 5.74) is 5.65. The largest absolute Gasteiger partial charge is 0.489 e. The lowest BCUT2D eigenvalue weighted by Gasteiger charge is -2.08. The van der Waals surface area contributed by atoms with Crippen LogP contribution in [-0.4, -0.2) is 6.21 Å². The zero-order chi connectivity index (χ0) is 17.5. The number of ether oxygens (including phenoxy) is 1. The molecule has 3 rings (SSSR count). The van der Waals surface area contributed by atoms with Gasteiger partial charge in [-0.1, -0.05) is 59.6 Å². The summed E-state index contributed by atoms with van der Waals surface area (Å²) in [5, 5.41) is 5.58. The van der Waals surface area contributed by atoms with Crippen molar-refractivity contribution < 1.29 is 4.74 Å². The molecule has 0 aliphatic heterocycles. The molecule has 25 heavy (non-hydrogen) atoms. The second-order valence-corrected chi connectivity index (χ2v) is 6.18. The summed E-state index contributed by atoms with van der Waals surface area (Å²) in [6, 6.07) is 22.7. The molecule has 0 bridgehead atoms. The van der Waals surface area contributed by atoms with E-state index < -0.39 is 0 Å². The van der Waals surface area contributed by atoms with Crippen molar-refractivity contribution >= 4 is 35.1 Å². The Morgan fingerprint density at radius 1 is 0.920 bits per heavy atom. The monoisotopic (exact) mass is 370 g/mol. The number of rotatable bonds is 6. The molecule has 0 aliphatic rings. The standard InChI is InChI=1S/C20H16Cl2N2O/c21-17-7-4-8-18(12-17)24-23-13-15-5-3-9-19(11-15)25-14-16-6-1-2-10-20(16)22/h1-13,24H,14H2. The zero-order valence-corrected chi connectivity index (χ0v) is 14.8. The Bertz CT molecular complexity index is 881. The molecule has 0 aliphatic carbocycles. The summed E-state index contributed by atoms with van der Waals surface area (Å²) in [4.78, 5) is 0. The van der Waals surface area contributed by atoms with Gasteiger partial charge in [0, 0.05) is 15.6 Å². The number of nitrogens with one attached hydrogen (secondary N) is 1. The van der Waals surface area contributed by atoms with Crippen LogP contribution in [0.3, 0.4) is 0 Å². The van der Waals surface area contributed by atoms with Crippen molar-refractivity contribution in [3.63, 3.8) is 0 Å². The second kappa shape index (κ2) is 8.56. The van der Waals surface area contributed by atoms with Crippen molar-refractivity contribution in [1.29, 1.82) is 0 Å². The molecule has 0 saturated carbocycles. The topological polar surface area (TPSA) is 33.6 Å². The molecule has 0 fully saturated rings. The van der Waals surface area contributed by atoms with Gasteiger partial charge in [0.2, 0.25) is 0 Å². The number of hydrogen-bond donors (Lipinski definition) is 1. The number of hydrogen-bond acceptors (Lipinski definition) is 3. The van der Waals surface area contributed by atoms with E-state index in [2.05, 4.69) is 10.5 Å². The highest BCUT2D eigenvalue weighted by atomic mass is 35.5. The maximum Gasteiger partial charge on any atom is 0.120 e. The highest BCUT2D eigenvalue weighted by Gasteiger charge is 2.01. The Balaban J connectivity index is 1.61. The molecular weight excluding hydrogens is 355 g/mol. The van der Waals surface area contributed by atoms with Gasteiger partial charge in [-0.25, -0.2) is 0 Å². The molecule has 3 aromatic rings. The molecule has 0 aromatic heterocycles. The summed E-state index contributed by atoms with van der Waals surface area (Å²) in [5.74, 6) is 0.756. The first-order valence-corrected chi connectivity index (χ1v) is 8.47. The minimum absolute atomic E-state index is 0.418. The van der Waals surface area contributed by atoms with E-state index in [9.17, 15) is 0 Å². The van der Waals surface area contributed by atoms with E-state index in [0.717, 1.165) is 22.6 Å². The average Bonchev–Trinajstić information content (AvgIpc) is 2.62. The van der Waals surface area contributed by atoms with Gasteiger partial charge in [0.25, 0.3) is 0 Å². The summed E-state index contributed by atoms with van der Waals surface area (Å²) in [6.45, 7) is 0.418. The van der Waals surface area contributed by atoms with Gasteiger partial charge in [0.1, 0.15) is 12.4 Å². The third-order valence-electron chi connectivity index (χ3n) is 3.44. The van der Waals surface area contributed by atoms with Gasteiger partial charge in [-0.2, -0.15) is 5.10 Å². The van der Waals surface area contributed by atoms with Crippen molar-refractivity contribution in [2.45, 2.75) is 6.61 Å². The third-order valence-corrected chi connectivity index (χ3v) is 4.05. The summed E-state index contributed by atoms with van der Waals surface area (Å²) in [6.07, 6.45) is 1.73. The Hall–Kier alpha value is -2.49. The fourth-order valence-corrected chi connectivity index (χ4v) is 2.58. The molecule has 3 nitrogen and oxygen atoms in total. The molecule has 5 heteroatoms. The quantitative estimate of drug-likeness (QED) is 0.425. The lowest BCUT2D eigenvalue weighted by Crippen LogP contribution is -1.97. The van der Waals surface area contributed by atoms with E-state index in [-0.39, 0.29) is 0 Å². The predicted octanol–water partition coefficient (Wildman–Crippen LogP) is 6.02. The van der Waals surface area contributed by atoms with Crippen LogP contribution in [0.2, 0.25) is 10.0 Å². The first-order valence-electron chi connectivity index (χ1n) is 7.71. The van der Waals surface area contributed by atoms with Crippen LogP contribution in [0.15, 0.2) is 77.9 Å². The van der Waals surface area contributed by atoms with E-state index in [4.69, 9.17) is 27.9 Å². The second-order valence-electron chi connectivity index (χ2n) is 5.33. The van der Waals surface area contributed by atoms with Crippen LogP contribution in [0, 0.1) is 0 Å². The maximum absolute atomic E-state index is 6.14. The van der Waals surface area contributed by atoms with Crippen LogP contribution >= 0.6 is 23.2 Å². The van der Waals surface area contributed by atoms with Crippen LogP contribution in [0.4, 0.5) is 5.69 Å². The molecule has 0 radical (unpaired) electrons. The minimum atomic E-state index is 0.418. The molecule has 1 N–H and O–H groups in total. The molecule has 0 spiro atoms. The molecular formula is C20H16Cl2N2O. The SMILES string of the molecule is Clc1cccc(NN=Cc2cccc(OCc3ccccc3Cl)c2)c1. The zero-order valence-electron chi connectivity index (χ0n) is 13.3. The molecule has 0 unspecified atom stereocenters. The third kappa shape index (κ3) is 5.24. The number of nitrogens with zero attached hydrogens (tertiary/aromatic N) is 1. The molecule has 0 saturated heterocycles. The van der Waals surface area contributed by atoms with Crippen LogP contribution in [0.5, 0.6) is 5.75 Å². The van der Waals surface area contributed by atoms with Gasteiger partial charge >= 0.3 is 0 Å². The van der Waals surface area contributed by atoms with E-state index in [1.807, 2.05) is 72.8 Å². The Kier molecular flexibility index (Phi) is 5.94. The highest BCUT2D eigenvalue weighted by molar-refractivity contribution is 6.31. The number of hydrazone groups is 1. The van der Waals surface area contributed by atoms with Crippen LogP contribution in [0.25, 0.3) is 0 Å². The maximum atomic E-state index is 6.14. The van der Waals surface area contributed by atoms with Crippen LogP contribution in [0.1, 0.15) is 11.1 Å². The fraction of sp³-hybridized carbons (Fsp3) is 0.0500. The predicted molar refractivity (Wildman–Crippen MR) is 105 cm³/mol. The van der Waals surface area contributed by atoms with Crippen LogP contribution < -0.4 is 10.2 Å². The van der Waals surface area contributed by atoms with E-state index >= 15 is 0 Å². The Morgan fingerprint density at radius 3 is 2.60 bits per heavy atom. The van der Waals surface area contributed by atoms with Gasteiger partial charge in [0.15, 0.2) is 0 Å². The first-order chi connectivity index (χ1) is 12.2. The Labute approximate surface area is 156 Å². The van der Waals surface area contributed by atoms with Crippen molar-refractivity contribution in [1.82, 2.24) is 0 Å². The number of anilines is 1. The van der Waals surface area contributed by atoms with Crippen molar-refractivity contribution in [2.75, 3.05) is 5.43 Å². The number of benzene rings is 3. The van der Waals surface area contributed by atoms with Gasteiger partial charge in [-0.15, -0.1) is 0 Å².